The van der Waals surface area contributed by atoms with Crippen molar-refractivity contribution in [1.82, 2.24) is 0 Å². The predicted molar refractivity (Wildman–Crippen MR) is 84.2 cm³/mol. The minimum Gasteiger partial charge on any atom is -0.378 e. The van der Waals surface area contributed by atoms with E-state index in [1.165, 1.54) is 11.6 Å². The summed E-state index contributed by atoms with van der Waals surface area (Å²) in [5, 5.41) is 3.46. The van der Waals surface area contributed by atoms with Crippen LogP contribution in [0.3, 0.4) is 0 Å². The Balaban J connectivity index is 1.78. The molecule has 0 bridgehead atoms. The zero-order valence-electron chi connectivity index (χ0n) is 12.3. The Morgan fingerprint density at radius 1 is 1.00 bits per heavy atom. The molecule has 0 unspecified atom stereocenters. The van der Waals surface area contributed by atoms with Crippen molar-refractivity contribution in [2.75, 3.05) is 5.32 Å². The first kappa shape index (κ1) is 14.4. The van der Waals surface area contributed by atoms with Gasteiger partial charge in [0.05, 0.1) is 11.6 Å². The molecule has 1 nitrogen and oxygen atoms in total. The van der Waals surface area contributed by atoms with Crippen molar-refractivity contribution in [1.29, 1.82) is 0 Å². The number of hydrogen-bond donors (Lipinski definition) is 1. The average molecular weight is 315 g/mol. The highest BCUT2D eigenvalue weighted by Gasteiger charge is 2.39. The molecule has 0 saturated heterocycles. The molecule has 1 N–H and O–H groups in total. The molecule has 0 spiro atoms. The van der Waals surface area contributed by atoms with Crippen molar-refractivity contribution >= 4 is 5.69 Å². The van der Waals surface area contributed by atoms with E-state index in [9.17, 15) is 13.2 Å². The van der Waals surface area contributed by atoms with Crippen molar-refractivity contribution in [2.24, 2.45) is 5.92 Å². The summed E-state index contributed by atoms with van der Waals surface area (Å²) in [4.78, 5) is 0. The third-order valence-corrected chi connectivity index (χ3v) is 4.85. The maximum Gasteiger partial charge on any atom is 0.416 e. The topological polar surface area (TPSA) is 12.0 Å². The molecular formula is C19H16F3N. The van der Waals surface area contributed by atoms with Gasteiger partial charge in [0.1, 0.15) is 0 Å². The van der Waals surface area contributed by atoms with E-state index in [0.717, 1.165) is 23.7 Å². The zero-order valence-corrected chi connectivity index (χ0v) is 12.3. The number of nitrogens with one attached hydrogen (secondary N) is 1. The van der Waals surface area contributed by atoms with E-state index in [4.69, 9.17) is 0 Å². The summed E-state index contributed by atoms with van der Waals surface area (Å²) in [7, 11) is 0. The van der Waals surface area contributed by atoms with Crippen LogP contribution in [-0.4, -0.2) is 0 Å². The first-order valence-corrected chi connectivity index (χ1v) is 7.73. The van der Waals surface area contributed by atoms with Crippen LogP contribution in [0.2, 0.25) is 0 Å². The number of hydrogen-bond acceptors (Lipinski definition) is 1. The molecular weight excluding hydrogens is 299 g/mol. The van der Waals surface area contributed by atoms with E-state index in [-0.39, 0.29) is 17.9 Å². The smallest absolute Gasteiger partial charge is 0.378 e. The summed E-state index contributed by atoms with van der Waals surface area (Å²) in [5.74, 6) is 0.298. The van der Waals surface area contributed by atoms with Crippen LogP contribution < -0.4 is 5.32 Å². The lowest BCUT2D eigenvalue weighted by Crippen LogP contribution is -2.29. The van der Waals surface area contributed by atoms with Crippen LogP contribution in [0.4, 0.5) is 18.9 Å². The van der Waals surface area contributed by atoms with Gasteiger partial charge >= 0.3 is 6.18 Å². The highest BCUT2D eigenvalue weighted by Crippen LogP contribution is 2.50. The van der Waals surface area contributed by atoms with Crippen molar-refractivity contribution in [2.45, 2.75) is 24.6 Å². The molecule has 1 aliphatic carbocycles. The largest absolute Gasteiger partial charge is 0.416 e. The summed E-state index contributed by atoms with van der Waals surface area (Å²) in [6.45, 7) is 0. The van der Waals surface area contributed by atoms with Gasteiger partial charge in [-0.05, 0) is 41.7 Å². The maximum atomic E-state index is 13.0. The molecule has 4 heteroatoms. The summed E-state index contributed by atoms with van der Waals surface area (Å²) in [5.41, 5.74) is 2.16. The van der Waals surface area contributed by atoms with Crippen molar-refractivity contribution in [3.8, 4) is 0 Å². The van der Waals surface area contributed by atoms with Gasteiger partial charge in [-0.2, -0.15) is 13.2 Å². The molecule has 4 rings (SSSR count). The minimum absolute atomic E-state index is 0.0405. The number of halogens is 3. The summed E-state index contributed by atoms with van der Waals surface area (Å²) >= 11 is 0. The van der Waals surface area contributed by atoms with E-state index in [0.29, 0.717) is 0 Å². The molecule has 1 aliphatic heterocycles. The fourth-order valence-electron chi connectivity index (χ4n) is 3.76. The second-order valence-electron chi connectivity index (χ2n) is 6.19. The lowest BCUT2D eigenvalue weighted by atomic mass is 9.76. The Morgan fingerprint density at radius 2 is 1.78 bits per heavy atom. The van der Waals surface area contributed by atoms with E-state index >= 15 is 0 Å². The molecule has 2 aromatic rings. The molecule has 1 heterocycles. The Labute approximate surface area is 132 Å². The number of fused-ring (bicyclic) bond motifs is 3. The van der Waals surface area contributed by atoms with Gasteiger partial charge in [0, 0.05) is 11.6 Å². The highest BCUT2D eigenvalue weighted by atomic mass is 19.4. The third-order valence-electron chi connectivity index (χ3n) is 4.85. The molecule has 3 atom stereocenters. The Bertz CT molecular complexity index is 749. The first-order chi connectivity index (χ1) is 11.0. The summed E-state index contributed by atoms with van der Waals surface area (Å²) < 4.78 is 39.0. The molecule has 0 aromatic heterocycles. The standard InChI is InChI=1S/C19H16F3N/c20-19(21,22)13-9-10-17-16(11-13)14-7-4-8-15(14)18(23-17)12-5-2-1-3-6-12/h1-7,9-11,14-15,18,23H,8H2/t14-,15+,18+/m0/s1. The Morgan fingerprint density at radius 3 is 2.52 bits per heavy atom. The van der Waals surface area contributed by atoms with Crippen LogP contribution in [0.25, 0.3) is 0 Å². The van der Waals surface area contributed by atoms with Gasteiger partial charge in [-0.3, -0.25) is 0 Å². The van der Waals surface area contributed by atoms with Crippen molar-refractivity contribution < 1.29 is 13.2 Å². The van der Waals surface area contributed by atoms with Crippen LogP contribution in [0.5, 0.6) is 0 Å². The minimum atomic E-state index is -4.30. The van der Waals surface area contributed by atoms with Crippen LogP contribution in [0.15, 0.2) is 60.7 Å². The molecule has 0 amide bonds. The van der Waals surface area contributed by atoms with Gasteiger partial charge in [-0.1, -0.05) is 42.5 Å². The van der Waals surface area contributed by atoms with Crippen LogP contribution in [0.1, 0.15) is 35.1 Å². The quantitative estimate of drug-likeness (QED) is 0.682. The summed E-state index contributed by atoms with van der Waals surface area (Å²) in [6.07, 6.45) is 0.721. The molecule has 23 heavy (non-hydrogen) atoms. The van der Waals surface area contributed by atoms with Crippen molar-refractivity contribution in [3.63, 3.8) is 0 Å². The normalized spacial score (nSPS) is 25.6. The van der Waals surface area contributed by atoms with Gasteiger partial charge in [0.15, 0.2) is 0 Å². The molecule has 0 radical (unpaired) electrons. The van der Waals surface area contributed by atoms with Gasteiger partial charge in [-0.25, -0.2) is 0 Å². The lowest BCUT2D eigenvalue weighted by Gasteiger charge is -2.37. The van der Waals surface area contributed by atoms with Crippen LogP contribution in [-0.2, 0) is 6.18 Å². The average Bonchev–Trinajstić information content (AvgIpc) is 3.03. The van der Waals surface area contributed by atoms with Gasteiger partial charge in [0.2, 0.25) is 0 Å². The maximum absolute atomic E-state index is 13.0. The van der Waals surface area contributed by atoms with Crippen molar-refractivity contribution in [3.05, 3.63) is 77.4 Å². The molecule has 0 saturated carbocycles. The molecule has 2 aliphatic rings. The third kappa shape index (κ3) is 2.42. The number of allylic oxidation sites excluding steroid dienone is 2. The van der Waals surface area contributed by atoms with E-state index in [1.807, 2.05) is 18.2 Å². The molecule has 118 valence electrons. The monoisotopic (exact) mass is 315 g/mol. The second kappa shape index (κ2) is 5.15. The van der Waals surface area contributed by atoms with E-state index < -0.39 is 11.7 Å². The SMILES string of the molecule is FC(F)(F)c1ccc2c(c1)[C@H]1C=CC[C@H]1[C@@H](c1ccccc1)N2. The second-order valence-corrected chi connectivity index (χ2v) is 6.19. The lowest BCUT2D eigenvalue weighted by molar-refractivity contribution is -0.137. The Kier molecular flexibility index (Phi) is 3.22. The number of benzene rings is 2. The van der Waals surface area contributed by atoms with Crippen LogP contribution in [0, 0.1) is 5.92 Å². The zero-order chi connectivity index (χ0) is 16.0. The summed E-state index contributed by atoms with van der Waals surface area (Å²) in [6, 6.07) is 14.3. The van der Waals surface area contributed by atoms with E-state index in [2.05, 4.69) is 29.6 Å². The fourth-order valence-corrected chi connectivity index (χ4v) is 3.76. The van der Waals surface area contributed by atoms with Gasteiger partial charge in [-0.15, -0.1) is 0 Å². The first-order valence-electron chi connectivity index (χ1n) is 7.73. The molecule has 2 aromatic carbocycles. The number of anilines is 1. The van der Waals surface area contributed by atoms with Crippen LogP contribution >= 0.6 is 0 Å². The Hall–Kier alpha value is -2.23. The number of alkyl halides is 3. The van der Waals surface area contributed by atoms with Gasteiger partial charge < -0.3 is 5.32 Å². The molecule has 0 fully saturated rings. The fraction of sp³-hybridized carbons (Fsp3) is 0.263. The predicted octanol–water partition coefficient (Wildman–Crippen LogP) is 5.53. The number of rotatable bonds is 1. The van der Waals surface area contributed by atoms with E-state index in [1.54, 1.807) is 6.07 Å². The highest BCUT2D eigenvalue weighted by molar-refractivity contribution is 5.61. The van der Waals surface area contributed by atoms with Gasteiger partial charge in [0.25, 0.3) is 0 Å².